The summed E-state index contributed by atoms with van der Waals surface area (Å²) in [4.78, 5) is 25.6. The number of nitrogens with zero attached hydrogens (tertiary/aromatic N) is 4. The predicted molar refractivity (Wildman–Crippen MR) is 116 cm³/mol. The van der Waals surface area contributed by atoms with Gasteiger partial charge in [0.25, 0.3) is 11.4 Å². The molecule has 0 radical (unpaired) electrons. The second-order valence-corrected chi connectivity index (χ2v) is 7.14. The van der Waals surface area contributed by atoms with Crippen LogP contribution in [0, 0.1) is 0 Å². The molecule has 0 spiro atoms. The van der Waals surface area contributed by atoms with E-state index < -0.39 is 12.1 Å². The molecule has 2 heterocycles. The number of benzene rings is 2. The van der Waals surface area contributed by atoms with Gasteiger partial charge < -0.3 is 13.9 Å². The van der Waals surface area contributed by atoms with E-state index in [0.29, 0.717) is 40.9 Å². The van der Waals surface area contributed by atoms with Crippen molar-refractivity contribution < 1.29 is 18.7 Å². The standard InChI is InChI=1S/C23H22N4O5/c1-4-13-27-22(28)18-8-6-5-7-17(18)19(26-27)23(29)31-14(2)20-24-25-21(32-20)15-9-11-16(30-3)12-10-15/h5-12,14H,4,13H2,1-3H3. The highest BCUT2D eigenvalue weighted by Crippen LogP contribution is 2.25. The molecule has 164 valence electrons. The van der Waals surface area contributed by atoms with Crippen molar-refractivity contribution in [3.05, 3.63) is 70.5 Å². The smallest absolute Gasteiger partial charge is 0.360 e. The van der Waals surface area contributed by atoms with Crippen LogP contribution >= 0.6 is 0 Å². The second-order valence-electron chi connectivity index (χ2n) is 7.14. The Bertz CT molecular complexity index is 1310. The summed E-state index contributed by atoms with van der Waals surface area (Å²) in [5.41, 5.74) is 0.533. The van der Waals surface area contributed by atoms with Crippen molar-refractivity contribution in [1.29, 1.82) is 0 Å². The molecule has 2 aromatic carbocycles. The summed E-state index contributed by atoms with van der Waals surface area (Å²) in [5.74, 6) is 0.476. The average molecular weight is 434 g/mol. The fourth-order valence-electron chi connectivity index (χ4n) is 3.27. The van der Waals surface area contributed by atoms with Gasteiger partial charge >= 0.3 is 5.97 Å². The minimum absolute atomic E-state index is 0.0652. The van der Waals surface area contributed by atoms with E-state index in [1.165, 1.54) is 4.68 Å². The van der Waals surface area contributed by atoms with Crippen LogP contribution in [0.3, 0.4) is 0 Å². The summed E-state index contributed by atoms with van der Waals surface area (Å²) in [5, 5.41) is 13.1. The van der Waals surface area contributed by atoms with Crippen molar-refractivity contribution in [3.63, 3.8) is 0 Å². The van der Waals surface area contributed by atoms with E-state index in [0.717, 1.165) is 0 Å². The zero-order valence-corrected chi connectivity index (χ0v) is 17.9. The Balaban J connectivity index is 1.59. The van der Waals surface area contributed by atoms with E-state index in [-0.39, 0.29) is 17.1 Å². The first-order valence-electron chi connectivity index (χ1n) is 10.2. The molecule has 0 bridgehead atoms. The van der Waals surface area contributed by atoms with Gasteiger partial charge in [0.2, 0.25) is 5.89 Å². The van der Waals surface area contributed by atoms with Gasteiger partial charge in [0.1, 0.15) is 5.75 Å². The second kappa shape index (κ2) is 9.01. The fourth-order valence-corrected chi connectivity index (χ4v) is 3.27. The molecule has 0 aliphatic carbocycles. The molecule has 32 heavy (non-hydrogen) atoms. The summed E-state index contributed by atoms with van der Waals surface area (Å²) < 4.78 is 17.7. The van der Waals surface area contributed by atoms with E-state index >= 15 is 0 Å². The third-order valence-corrected chi connectivity index (χ3v) is 4.91. The molecule has 0 fully saturated rings. The average Bonchev–Trinajstić information content (AvgIpc) is 3.31. The minimum atomic E-state index is -0.811. The van der Waals surface area contributed by atoms with E-state index in [2.05, 4.69) is 15.3 Å². The normalized spacial score (nSPS) is 12.0. The van der Waals surface area contributed by atoms with Gasteiger partial charge in [-0.3, -0.25) is 4.79 Å². The SMILES string of the molecule is CCCn1nc(C(=O)OC(C)c2nnc(-c3ccc(OC)cc3)o2)c2ccccc2c1=O. The Morgan fingerprint density at radius 1 is 1.09 bits per heavy atom. The maximum Gasteiger partial charge on any atom is 0.360 e. The lowest BCUT2D eigenvalue weighted by atomic mass is 10.1. The third-order valence-electron chi connectivity index (χ3n) is 4.91. The molecule has 0 aliphatic rings. The van der Waals surface area contributed by atoms with Crippen LogP contribution in [-0.4, -0.2) is 33.1 Å². The zero-order chi connectivity index (χ0) is 22.7. The van der Waals surface area contributed by atoms with Gasteiger partial charge in [-0.1, -0.05) is 25.1 Å². The molecule has 4 aromatic rings. The Kier molecular flexibility index (Phi) is 5.98. The van der Waals surface area contributed by atoms with Gasteiger partial charge in [0.15, 0.2) is 11.8 Å². The number of rotatable bonds is 7. The van der Waals surface area contributed by atoms with E-state index in [1.54, 1.807) is 62.6 Å². The summed E-state index contributed by atoms with van der Waals surface area (Å²) in [7, 11) is 1.59. The Labute approximate surface area is 183 Å². The molecular weight excluding hydrogens is 412 g/mol. The summed E-state index contributed by atoms with van der Waals surface area (Å²) >= 11 is 0. The number of ether oxygens (including phenoxy) is 2. The molecule has 1 atom stereocenters. The van der Waals surface area contributed by atoms with Gasteiger partial charge in [-0.15, -0.1) is 10.2 Å². The number of fused-ring (bicyclic) bond motifs is 1. The first-order chi connectivity index (χ1) is 15.5. The number of hydrogen-bond donors (Lipinski definition) is 0. The van der Waals surface area contributed by atoms with Crippen molar-refractivity contribution in [1.82, 2.24) is 20.0 Å². The number of carbonyl (C=O) groups is 1. The number of carbonyl (C=O) groups excluding carboxylic acids is 1. The lowest BCUT2D eigenvalue weighted by Crippen LogP contribution is -2.26. The zero-order valence-electron chi connectivity index (χ0n) is 17.9. The maximum atomic E-state index is 13.0. The van der Waals surface area contributed by atoms with Crippen LogP contribution < -0.4 is 10.3 Å². The molecule has 0 saturated heterocycles. The summed E-state index contributed by atoms with van der Waals surface area (Å²) in [6.07, 6.45) is -0.110. The van der Waals surface area contributed by atoms with Crippen LogP contribution in [-0.2, 0) is 11.3 Å². The molecule has 1 unspecified atom stereocenters. The quantitative estimate of drug-likeness (QED) is 0.404. The Morgan fingerprint density at radius 3 is 2.50 bits per heavy atom. The van der Waals surface area contributed by atoms with Gasteiger partial charge in [-0.25, -0.2) is 9.48 Å². The third kappa shape index (κ3) is 4.09. The highest BCUT2D eigenvalue weighted by molar-refractivity contribution is 6.02. The van der Waals surface area contributed by atoms with Gasteiger partial charge in [-0.05, 0) is 43.7 Å². The van der Waals surface area contributed by atoms with Crippen molar-refractivity contribution >= 4 is 16.7 Å². The van der Waals surface area contributed by atoms with Gasteiger partial charge in [0, 0.05) is 17.5 Å². The molecule has 0 N–H and O–H groups in total. The van der Waals surface area contributed by atoms with E-state index in [4.69, 9.17) is 13.9 Å². The topological polar surface area (TPSA) is 109 Å². The van der Waals surface area contributed by atoms with Crippen molar-refractivity contribution in [2.45, 2.75) is 32.9 Å². The highest BCUT2D eigenvalue weighted by atomic mass is 16.6. The van der Waals surface area contributed by atoms with Gasteiger partial charge in [-0.2, -0.15) is 5.10 Å². The first-order valence-corrected chi connectivity index (χ1v) is 10.2. The predicted octanol–water partition coefficient (Wildman–Crippen LogP) is 3.78. The Hall–Kier alpha value is -4.01. The first kappa shape index (κ1) is 21.2. The van der Waals surface area contributed by atoms with Gasteiger partial charge in [0.05, 0.1) is 12.5 Å². The molecule has 0 aliphatic heterocycles. The molecule has 0 saturated carbocycles. The number of esters is 1. The largest absolute Gasteiger partial charge is 0.497 e. The number of methoxy groups -OCH3 is 1. The van der Waals surface area contributed by atoms with Crippen LogP contribution in [0.25, 0.3) is 22.2 Å². The van der Waals surface area contributed by atoms with E-state index in [9.17, 15) is 9.59 Å². The highest BCUT2D eigenvalue weighted by Gasteiger charge is 2.23. The summed E-state index contributed by atoms with van der Waals surface area (Å²) in [6, 6.07) is 14.0. The molecular formula is C23H22N4O5. The van der Waals surface area contributed by atoms with Crippen molar-refractivity contribution in [2.75, 3.05) is 7.11 Å². The number of hydrogen-bond acceptors (Lipinski definition) is 8. The maximum absolute atomic E-state index is 13.0. The molecule has 9 heteroatoms. The molecule has 4 rings (SSSR count). The van der Waals surface area contributed by atoms with Crippen LogP contribution in [0.15, 0.2) is 57.7 Å². The number of aromatic nitrogens is 4. The number of aryl methyl sites for hydroxylation is 1. The van der Waals surface area contributed by atoms with Crippen LogP contribution in [0.1, 0.15) is 42.8 Å². The lowest BCUT2D eigenvalue weighted by molar-refractivity contribution is 0.0272. The molecule has 9 nitrogen and oxygen atoms in total. The summed E-state index contributed by atoms with van der Waals surface area (Å²) in [6.45, 7) is 3.96. The monoisotopic (exact) mass is 434 g/mol. The minimum Gasteiger partial charge on any atom is -0.497 e. The molecule has 2 aromatic heterocycles. The van der Waals surface area contributed by atoms with Crippen LogP contribution in [0.5, 0.6) is 5.75 Å². The Morgan fingerprint density at radius 2 is 1.81 bits per heavy atom. The van der Waals surface area contributed by atoms with Crippen molar-refractivity contribution in [3.8, 4) is 17.2 Å². The lowest BCUT2D eigenvalue weighted by Gasteiger charge is -2.12. The van der Waals surface area contributed by atoms with Crippen LogP contribution in [0.2, 0.25) is 0 Å². The van der Waals surface area contributed by atoms with Crippen LogP contribution in [0.4, 0.5) is 0 Å². The fraction of sp³-hybridized carbons (Fsp3) is 0.261. The van der Waals surface area contributed by atoms with E-state index in [1.807, 2.05) is 6.92 Å². The molecule has 0 amide bonds. The van der Waals surface area contributed by atoms with Crippen molar-refractivity contribution in [2.24, 2.45) is 0 Å².